The van der Waals surface area contributed by atoms with Crippen LogP contribution >= 0.6 is 24.0 Å². The lowest BCUT2D eigenvalue weighted by Crippen LogP contribution is -2.36. The van der Waals surface area contributed by atoms with Crippen molar-refractivity contribution in [3.63, 3.8) is 0 Å². The first-order chi connectivity index (χ1) is 11.6. The molecule has 0 saturated carbocycles. The Bertz CT molecular complexity index is 696. The molecule has 2 aromatic rings. The third-order valence-electron chi connectivity index (χ3n) is 3.71. The zero-order valence-electron chi connectivity index (χ0n) is 14.8. The molecule has 0 spiro atoms. The number of aryl methyl sites for hydroxylation is 1. The van der Waals surface area contributed by atoms with Crippen molar-refractivity contribution in [3.05, 3.63) is 70.8 Å². The summed E-state index contributed by atoms with van der Waals surface area (Å²) in [4.78, 5) is 15.7. The number of amides is 1. The van der Waals surface area contributed by atoms with Crippen LogP contribution in [0.2, 0.25) is 0 Å². The first-order valence-corrected chi connectivity index (χ1v) is 7.93. The van der Waals surface area contributed by atoms with Crippen LogP contribution in [0.4, 0.5) is 0 Å². The minimum absolute atomic E-state index is 0. The zero-order valence-corrected chi connectivity index (χ0v) is 17.1. The standard InChI is InChI=1S/C19H24N4O.HI/c1-14-4-6-15(7-5-14)12-22-19(21-3)23-13-16-8-10-17(11-9-16)18(24)20-2;/h4-11H,12-13H2,1-3H3,(H,20,24)(H2,21,22,23);1H. The van der Waals surface area contributed by atoms with Crippen molar-refractivity contribution in [2.24, 2.45) is 4.99 Å². The van der Waals surface area contributed by atoms with Crippen LogP contribution in [-0.2, 0) is 13.1 Å². The number of aliphatic imine (C=N–C) groups is 1. The summed E-state index contributed by atoms with van der Waals surface area (Å²) in [6.45, 7) is 3.43. The summed E-state index contributed by atoms with van der Waals surface area (Å²) in [7, 11) is 3.38. The van der Waals surface area contributed by atoms with E-state index < -0.39 is 0 Å². The third kappa shape index (κ3) is 6.74. The Morgan fingerprint density at radius 3 is 1.84 bits per heavy atom. The van der Waals surface area contributed by atoms with Gasteiger partial charge in [-0.3, -0.25) is 9.79 Å². The minimum atomic E-state index is -0.0786. The molecule has 0 aromatic heterocycles. The van der Waals surface area contributed by atoms with Gasteiger partial charge in [-0.15, -0.1) is 24.0 Å². The topological polar surface area (TPSA) is 65.5 Å². The highest BCUT2D eigenvalue weighted by Crippen LogP contribution is 2.05. The molecule has 0 saturated heterocycles. The van der Waals surface area contributed by atoms with Crippen LogP contribution in [-0.4, -0.2) is 26.0 Å². The molecule has 0 aliphatic rings. The van der Waals surface area contributed by atoms with E-state index in [0.29, 0.717) is 12.1 Å². The number of benzene rings is 2. The van der Waals surface area contributed by atoms with Crippen molar-refractivity contribution in [2.75, 3.05) is 14.1 Å². The fraction of sp³-hybridized carbons (Fsp3) is 0.263. The van der Waals surface area contributed by atoms with Crippen molar-refractivity contribution in [2.45, 2.75) is 20.0 Å². The quantitative estimate of drug-likeness (QED) is 0.372. The summed E-state index contributed by atoms with van der Waals surface area (Å²) in [6, 6.07) is 15.9. The molecule has 6 heteroatoms. The Morgan fingerprint density at radius 2 is 1.40 bits per heavy atom. The van der Waals surface area contributed by atoms with Gasteiger partial charge in [-0.25, -0.2) is 0 Å². The van der Waals surface area contributed by atoms with Crippen LogP contribution < -0.4 is 16.0 Å². The van der Waals surface area contributed by atoms with Gasteiger partial charge in [0.2, 0.25) is 0 Å². The van der Waals surface area contributed by atoms with E-state index in [9.17, 15) is 4.79 Å². The fourth-order valence-corrected chi connectivity index (χ4v) is 2.22. The monoisotopic (exact) mass is 452 g/mol. The molecule has 2 rings (SSSR count). The van der Waals surface area contributed by atoms with Crippen LogP contribution in [0.5, 0.6) is 0 Å². The van der Waals surface area contributed by atoms with E-state index in [-0.39, 0.29) is 29.9 Å². The molecular weight excluding hydrogens is 427 g/mol. The fourth-order valence-electron chi connectivity index (χ4n) is 2.22. The lowest BCUT2D eigenvalue weighted by atomic mass is 10.1. The molecule has 0 atom stereocenters. The predicted molar refractivity (Wildman–Crippen MR) is 113 cm³/mol. The lowest BCUT2D eigenvalue weighted by molar-refractivity contribution is 0.0963. The molecule has 0 aliphatic heterocycles. The number of nitrogens with zero attached hydrogens (tertiary/aromatic N) is 1. The maximum Gasteiger partial charge on any atom is 0.251 e. The molecule has 134 valence electrons. The molecule has 0 fully saturated rings. The van der Waals surface area contributed by atoms with Crippen molar-refractivity contribution < 1.29 is 4.79 Å². The molecule has 0 aliphatic carbocycles. The van der Waals surface area contributed by atoms with E-state index >= 15 is 0 Å². The molecule has 2 aromatic carbocycles. The van der Waals surface area contributed by atoms with Gasteiger partial charge in [-0.1, -0.05) is 42.0 Å². The highest BCUT2D eigenvalue weighted by atomic mass is 127. The maximum atomic E-state index is 11.5. The van der Waals surface area contributed by atoms with E-state index in [1.807, 2.05) is 24.3 Å². The number of carbonyl (C=O) groups excluding carboxylic acids is 1. The van der Waals surface area contributed by atoms with E-state index in [4.69, 9.17) is 0 Å². The van der Waals surface area contributed by atoms with E-state index in [2.05, 4.69) is 52.1 Å². The number of hydrogen-bond acceptors (Lipinski definition) is 2. The maximum absolute atomic E-state index is 11.5. The van der Waals surface area contributed by atoms with Crippen LogP contribution in [0.25, 0.3) is 0 Å². The van der Waals surface area contributed by atoms with Crippen molar-refractivity contribution in [1.29, 1.82) is 0 Å². The van der Waals surface area contributed by atoms with Gasteiger partial charge in [0, 0.05) is 32.7 Å². The summed E-state index contributed by atoms with van der Waals surface area (Å²) < 4.78 is 0. The summed E-state index contributed by atoms with van der Waals surface area (Å²) in [5.41, 5.74) is 4.20. The molecule has 0 radical (unpaired) electrons. The predicted octanol–water partition coefficient (Wildman–Crippen LogP) is 2.84. The summed E-state index contributed by atoms with van der Waals surface area (Å²) >= 11 is 0. The van der Waals surface area contributed by atoms with Gasteiger partial charge in [0.1, 0.15) is 0 Å². The average Bonchev–Trinajstić information content (AvgIpc) is 2.63. The summed E-state index contributed by atoms with van der Waals surface area (Å²) in [5, 5.41) is 9.17. The Hall–Kier alpha value is -2.09. The largest absolute Gasteiger partial charge is 0.355 e. The molecule has 3 N–H and O–H groups in total. The zero-order chi connectivity index (χ0) is 17.4. The minimum Gasteiger partial charge on any atom is -0.355 e. The number of halogens is 1. The lowest BCUT2D eigenvalue weighted by Gasteiger charge is -2.12. The Labute approximate surface area is 166 Å². The molecule has 1 amide bonds. The smallest absolute Gasteiger partial charge is 0.251 e. The van der Waals surface area contributed by atoms with E-state index in [1.54, 1.807) is 14.1 Å². The second-order valence-electron chi connectivity index (χ2n) is 5.54. The Kier molecular flexibility index (Phi) is 8.98. The summed E-state index contributed by atoms with van der Waals surface area (Å²) in [6.07, 6.45) is 0. The summed E-state index contributed by atoms with van der Waals surface area (Å²) in [5.74, 6) is 0.663. The second-order valence-corrected chi connectivity index (χ2v) is 5.54. The number of nitrogens with one attached hydrogen (secondary N) is 3. The highest BCUT2D eigenvalue weighted by molar-refractivity contribution is 14.0. The number of hydrogen-bond donors (Lipinski definition) is 3. The molecule has 0 unspecified atom stereocenters. The number of guanidine groups is 1. The van der Waals surface area contributed by atoms with Crippen LogP contribution in [0.3, 0.4) is 0 Å². The second kappa shape index (κ2) is 10.7. The average molecular weight is 452 g/mol. The Balaban J connectivity index is 0.00000312. The van der Waals surface area contributed by atoms with Crippen LogP contribution in [0.15, 0.2) is 53.5 Å². The van der Waals surface area contributed by atoms with Crippen molar-refractivity contribution in [3.8, 4) is 0 Å². The van der Waals surface area contributed by atoms with Gasteiger partial charge in [0.05, 0.1) is 0 Å². The van der Waals surface area contributed by atoms with Crippen LogP contribution in [0, 0.1) is 6.92 Å². The van der Waals surface area contributed by atoms with E-state index in [1.165, 1.54) is 11.1 Å². The van der Waals surface area contributed by atoms with E-state index in [0.717, 1.165) is 18.1 Å². The van der Waals surface area contributed by atoms with Crippen molar-refractivity contribution in [1.82, 2.24) is 16.0 Å². The first-order valence-electron chi connectivity index (χ1n) is 7.93. The van der Waals surface area contributed by atoms with Gasteiger partial charge >= 0.3 is 0 Å². The van der Waals surface area contributed by atoms with Gasteiger partial charge in [-0.2, -0.15) is 0 Å². The molecule has 0 bridgehead atoms. The normalized spacial score (nSPS) is 10.6. The SMILES string of the molecule is CN=C(NCc1ccc(C)cc1)NCc1ccc(C(=O)NC)cc1.I. The third-order valence-corrected chi connectivity index (χ3v) is 3.71. The van der Waals surface area contributed by atoms with Gasteiger partial charge < -0.3 is 16.0 Å². The first kappa shape index (κ1) is 21.0. The molecule has 0 heterocycles. The van der Waals surface area contributed by atoms with Gasteiger partial charge in [-0.05, 0) is 30.2 Å². The van der Waals surface area contributed by atoms with Gasteiger partial charge in [0.15, 0.2) is 5.96 Å². The number of carbonyl (C=O) groups is 1. The number of rotatable bonds is 5. The Morgan fingerprint density at radius 1 is 0.920 bits per heavy atom. The molecule has 5 nitrogen and oxygen atoms in total. The molecular formula is C19H25IN4O. The van der Waals surface area contributed by atoms with Crippen molar-refractivity contribution >= 4 is 35.8 Å². The molecule has 25 heavy (non-hydrogen) atoms. The van der Waals surface area contributed by atoms with Crippen LogP contribution in [0.1, 0.15) is 27.0 Å². The van der Waals surface area contributed by atoms with Gasteiger partial charge in [0.25, 0.3) is 5.91 Å². The highest BCUT2D eigenvalue weighted by Gasteiger charge is 2.03.